The van der Waals surface area contributed by atoms with Crippen molar-refractivity contribution >= 4 is 16.9 Å². The first-order valence-corrected chi connectivity index (χ1v) is 4.83. The number of para-hydroxylation sites is 1. The number of aromatic nitrogens is 1. The monoisotopic (exact) mass is 255 g/mol. The van der Waals surface area contributed by atoms with Gasteiger partial charge in [-0.05, 0) is 12.1 Å². The van der Waals surface area contributed by atoms with Crippen LogP contribution in [-0.2, 0) is 0 Å². The van der Waals surface area contributed by atoms with Gasteiger partial charge in [0.15, 0.2) is 0 Å². The fourth-order valence-corrected chi connectivity index (χ4v) is 1.57. The molecule has 0 aliphatic rings. The Labute approximate surface area is 98.8 Å². The number of hydrogen-bond acceptors (Lipinski definition) is 3. The lowest BCUT2D eigenvalue weighted by Crippen LogP contribution is -2.24. The van der Waals surface area contributed by atoms with Gasteiger partial charge in [0.05, 0.1) is 11.7 Å². The molecule has 5 nitrogen and oxygen atoms in total. The molecule has 1 N–H and O–H groups in total. The molecule has 0 atom stereocenters. The Morgan fingerprint density at radius 2 is 2.00 bits per heavy atom. The first-order chi connectivity index (χ1) is 8.50. The van der Waals surface area contributed by atoms with Gasteiger partial charge in [0.1, 0.15) is 5.56 Å². The SMILES string of the molecule is O=C(O)c1cn(OC(F)F)c2ccccc2c1=O. The summed E-state index contributed by atoms with van der Waals surface area (Å²) < 4.78 is 25.0. The zero-order valence-electron chi connectivity index (χ0n) is 8.84. The molecule has 1 aromatic carbocycles. The van der Waals surface area contributed by atoms with Crippen molar-refractivity contribution in [2.24, 2.45) is 0 Å². The summed E-state index contributed by atoms with van der Waals surface area (Å²) in [5, 5.41) is 8.83. The Bertz CT molecular complexity index is 666. The predicted octanol–water partition coefficient (Wildman–Crippen LogP) is 1.35. The van der Waals surface area contributed by atoms with E-state index in [9.17, 15) is 18.4 Å². The number of carboxylic acid groups (broad SMARTS) is 1. The Morgan fingerprint density at radius 1 is 1.33 bits per heavy atom. The molecule has 1 heterocycles. The highest BCUT2D eigenvalue weighted by atomic mass is 19.3. The lowest BCUT2D eigenvalue weighted by Gasteiger charge is -2.11. The van der Waals surface area contributed by atoms with Crippen molar-refractivity contribution in [2.75, 3.05) is 0 Å². The molecule has 2 aromatic rings. The quantitative estimate of drug-likeness (QED) is 0.898. The van der Waals surface area contributed by atoms with E-state index in [1.807, 2.05) is 0 Å². The van der Waals surface area contributed by atoms with Crippen molar-refractivity contribution in [1.82, 2.24) is 4.73 Å². The number of benzene rings is 1. The van der Waals surface area contributed by atoms with Crippen LogP contribution in [0.5, 0.6) is 0 Å². The lowest BCUT2D eigenvalue weighted by molar-refractivity contribution is -0.129. The molecule has 0 aliphatic heterocycles. The van der Waals surface area contributed by atoms with Crippen molar-refractivity contribution in [3.63, 3.8) is 0 Å². The summed E-state index contributed by atoms with van der Waals surface area (Å²) in [6.07, 6.45) is 0.735. The van der Waals surface area contributed by atoms with Crippen molar-refractivity contribution in [3.05, 3.63) is 46.2 Å². The van der Waals surface area contributed by atoms with Crippen LogP contribution in [-0.4, -0.2) is 22.4 Å². The average Bonchev–Trinajstić information content (AvgIpc) is 2.32. The van der Waals surface area contributed by atoms with Crippen LogP contribution in [0.2, 0.25) is 0 Å². The Morgan fingerprint density at radius 3 is 2.61 bits per heavy atom. The summed E-state index contributed by atoms with van der Waals surface area (Å²) in [6.45, 7) is -3.13. The number of fused-ring (bicyclic) bond motifs is 1. The molecule has 1 aromatic heterocycles. The van der Waals surface area contributed by atoms with Gasteiger partial charge in [0, 0.05) is 5.39 Å². The van der Waals surface area contributed by atoms with Crippen LogP contribution in [0.15, 0.2) is 35.3 Å². The summed E-state index contributed by atoms with van der Waals surface area (Å²) in [7, 11) is 0. The second kappa shape index (κ2) is 4.44. The van der Waals surface area contributed by atoms with E-state index in [2.05, 4.69) is 4.84 Å². The number of carbonyl (C=O) groups is 1. The molecular formula is C11H7F2NO4. The molecule has 0 spiro atoms. The van der Waals surface area contributed by atoms with E-state index in [1.165, 1.54) is 24.3 Å². The van der Waals surface area contributed by atoms with E-state index < -0.39 is 23.6 Å². The summed E-state index contributed by atoms with van der Waals surface area (Å²) in [4.78, 5) is 26.8. The van der Waals surface area contributed by atoms with E-state index in [4.69, 9.17) is 5.11 Å². The lowest BCUT2D eigenvalue weighted by atomic mass is 10.1. The van der Waals surface area contributed by atoms with Crippen LogP contribution in [0.1, 0.15) is 10.4 Å². The second-order valence-corrected chi connectivity index (χ2v) is 3.39. The average molecular weight is 255 g/mol. The van der Waals surface area contributed by atoms with E-state index in [0.717, 1.165) is 6.20 Å². The van der Waals surface area contributed by atoms with Crippen molar-refractivity contribution < 1.29 is 23.5 Å². The number of pyridine rings is 1. The number of nitrogens with zero attached hydrogens (tertiary/aromatic N) is 1. The van der Waals surface area contributed by atoms with E-state index in [-0.39, 0.29) is 10.9 Å². The number of halogens is 2. The third kappa shape index (κ3) is 2.02. The first-order valence-electron chi connectivity index (χ1n) is 4.83. The van der Waals surface area contributed by atoms with Crippen molar-refractivity contribution in [1.29, 1.82) is 0 Å². The molecule has 0 aliphatic carbocycles. The van der Waals surface area contributed by atoms with Gasteiger partial charge in [0.25, 0.3) is 0 Å². The highest BCUT2D eigenvalue weighted by Gasteiger charge is 2.16. The minimum Gasteiger partial charge on any atom is -0.477 e. The smallest absolute Gasteiger partial charge is 0.405 e. The number of rotatable bonds is 3. The van der Waals surface area contributed by atoms with Crippen LogP contribution < -0.4 is 10.3 Å². The van der Waals surface area contributed by atoms with Gasteiger partial charge in [-0.25, -0.2) is 4.79 Å². The minimum atomic E-state index is -3.13. The highest BCUT2D eigenvalue weighted by molar-refractivity contribution is 5.92. The summed E-state index contributed by atoms with van der Waals surface area (Å²) >= 11 is 0. The number of aromatic carboxylic acids is 1. The number of alkyl halides is 2. The number of carboxylic acids is 1. The molecule has 0 fully saturated rings. The zero-order chi connectivity index (χ0) is 13.3. The van der Waals surface area contributed by atoms with E-state index >= 15 is 0 Å². The molecule has 0 unspecified atom stereocenters. The van der Waals surface area contributed by atoms with Crippen LogP contribution >= 0.6 is 0 Å². The molecule has 18 heavy (non-hydrogen) atoms. The molecule has 0 radical (unpaired) electrons. The molecule has 94 valence electrons. The van der Waals surface area contributed by atoms with Crippen LogP contribution in [0.4, 0.5) is 8.78 Å². The van der Waals surface area contributed by atoms with Crippen LogP contribution in [0.3, 0.4) is 0 Å². The third-order valence-corrected chi connectivity index (χ3v) is 2.30. The molecule has 2 rings (SSSR count). The maximum absolute atomic E-state index is 12.2. The molecule has 7 heteroatoms. The maximum atomic E-state index is 12.2. The molecule has 0 saturated heterocycles. The summed E-state index contributed by atoms with van der Waals surface area (Å²) in [5.74, 6) is -1.50. The first kappa shape index (κ1) is 12.0. The summed E-state index contributed by atoms with van der Waals surface area (Å²) in [5.41, 5.74) is -1.30. The van der Waals surface area contributed by atoms with Crippen molar-refractivity contribution in [3.8, 4) is 0 Å². The van der Waals surface area contributed by atoms with Gasteiger partial charge in [-0.2, -0.15) is 13.5 Å². The van der Waals surface area contributed by atoms with Crippen LogP contribution in [0, 0.1) is 0 Å². The van der Waals surface area contributed by atoms with Gasteiger partial charge in [-0.3, -0.25) is 4.79 Å². The van der Waals surface area contributed by atoms with Gasteiger partial charge in [0.2, 0.25) is 5.43 Å². The molecule has 0 bridgehead atoms. The topological polar surface area (TPSA) is 68.5 Å². The normalized spacial score (nSPS) is 10.8. The summed E-state index contributed by atoms with van der Waals surface area (Å²) in [6, 6.07) is 5.75. The largest absolute Gasteiger partial charge is 0.477 e. The van der Waals surface area contributed by atoms with Crippen molar-refractivity contribution in [2.45, 2.75) is 6.61 Å². The van der Waals surface area contributed by atoms with Gasteiger partial charge >= 0.3 is 12.6 Å². The standard InChI is InChI=1S/C11H7F2NO4/c12-11(13)18-14-5-7(10(16)17)9(15)6-3-1-2-4-8(6)14/h1-5,11H,(H,16,17). The molecule has 0 amide bonds. The van der Waals surface area contributed by atoms with Gasteiger partial charge in [-0.15, -0.1) is 0 Å². The Hall–Kier alpha value is -2.44. The molecular weight excluding hydrogens is 248 g/mol. The Balaban J connectivity index is 2.80. The van der Waals surface area contributed by atoms with Crippen LogP contribution in [0.25, 0.3) is 10.9 Å². The second-order valence-electron chi connectivity index (χ2n) is 3.39. The highest BCUT2D eigenvalue weighted by Crippen LogP contribution is 2.11. The van der Waals surface area contributed by atoms with Gasteiger partial charge in [-0.1, -0.05) is 12.1 Å². The Kier molecular flexibility index (Phi) is 2.97. The van der Waals surface area contributed by atoms with Gasteiger partial charge < -0.3 is 9.94 Å². The molecule has 0 saturated carbocycles. The van der Waals surface area contributed by atoms with E-state index in [0.29, 0.717) is 4.73 Å². The van der Waals surface area contributed by atoms with E-state index in [1.54, 1.807) is 0 Å². The minimum absolute atomic E-state index is 0.00181. The fourth-order valence-electron chi connectivity index (χ4n) is 1.57. The zero-order valence-corrected chi connectivity index (χ0v) is 8.84. The maximum Gasteiger partial charge on any atom is 0.405 e. The predicted molar refractivity (Wildman–Crippen MR) is 57.8 cm³/mol. The fraction of sp³-hybridized carbons (Fsp3) is 0.0909. The number of hydrogen-bond donors (Lipinski definition) is 1. The third-order valence-electron chi connectivity index (χ3n) is 2.30.